The van der Waals surface area contributed by atoms with Gasteiger partial charge in [-0.2, -0.15) is 0 Å². The summed E-state index contributed by atoms with van der Waals surface area (Å²) in [5.74, 6) is 0.449. The molecule has 0 atom stereocenters. The number of H-pyrrole nitrogens is 1. The number of fused-ring (bicyclic) bond motifs is 1. The van der Waals surface area contributed by atoms with E-state index < -0.39 is 0 Å². The molecule has 9 heteroatoms. The number of aromatic nitrogens is 2. The van der Waals surface area contributed by atoms with Gasteiger partial charge >= 0.3 is 0 Å². The van der Waals surface area contributed by atoms with Gasteiger partial charge in [-0.05, 0) is 35.7 Å². The van der Waals surface area contributed by atoms with Crippen LogP contribution in [0.1, 0.15) is 5.56 Å². The molecule has 2 aromatic carbocycles. The van der Waals surface area contributed by atoms with E-state index in [2.05, 4.69) is 15.3 Å². The monoisotopic (exact) mass is 469 g/mol. The number of carbonyl (C=O) groups is 1. The van der Waals surface area contributed by atoms with Crippen LogP contribution in [0.3, 0.4) is 0 Å². The molecule has 164 valence electrons. The molecule has 0 saturated heterocycles. The van der Waals surface area contributed by atoms with Crippen molar-refractivity contribution in [2.24, 2.45) is 0 Å². The van der Waals surface area contributed by atoms with Crippen LogP contribution in [0.25, 0.3) is 21.3 Å². The summed E-state index contributed by atoms with van der Waals surface area (Å²) in [5, 5.41) is 5.55. The molecule has 0 aliphatic carbocycles. The molecule has 2 aromatic heterocycles. The van der Waals surface area contributed by atoms with E-state index in [0.717, 1.165) is 16.9 Å². The Bertz CT molecular complexity index is 1300. The Hall–Kier alpha value is -3.17. The topological polar surface area (TPSA) is 84.1 Å². The summed E-state index contributed by atoms with van der Waals surface area (Å²) in [4.78, 5) is 32.7. The molecular weight excluding hydrogens is 449 g/mol. The fraction of sp³-hybridized carbons (Fsp3) is 0.174. The number of para-hydroxylation sites is 1. The van der Waals surface area contributed by atoms with Crippen LogP contribution in [0.4, 0.5) is 4.39 Å². The second kappa shape index (κ2) is 9.97. The number of ether oxygens (including phenoxy) is 1. The molecule has 32 heavy (non-hydrogen) atoms. The van der Waals surface area contributed by atoms with Crippen LogP contribution in [0, 0.1) is 5.82 Å². The first-order valence-electron chi connectivity index (χ1n) is 9.84. The maximum atomic E-state index is 13.2. The average molecular weight is 470 g/mol. The number of hydrogen-bond acceptors (Lipinski definition) is 6. The van der Waals surface area contributed by atoms with Crippen molar-refractivity contribution < 1.29 is 13.9 Å². The third-order valence-electron chi connectivity index (χ3n) is 4.83. The van der Waals surface area contributed by atoms with Crippen molar-refractivity contribution in [1.29, 1.82) is 0 Å². The van der Waals surface area contributed by atoms with Crippen LogP contribution in [0.2, 0.25) is 0 Å². The summed E-state index contributed by atoms with van der Waals surface area (Å²) >= 11 is 2.51. The zero-order valence-corrected chi connectivity index (χ0v) is 18.8. The van der Waals surface area contributed by atoms with Crippen LogP contribution >= 0.6 is 23.1 Å². The number of rotatable bonds is 8. The Labute approximate surface area is 191 Å². The Morgan fingerprint density at radius 1 is 1.22 bits per heavy atom. The fourth-order valence-corrected chi connectivity index (χ4v) is 4.97. The van der Waals surface area contributed by atoms with E-state index in [1.54, 1.807) is 19.2 Å². The van der Waals surface area contributed by atoms with Crippen molar-refractivity contribution in [3.8, 4) is 16.9 Å². The second-order valence-corrected chi connectivity index (χ2v) is 8.73. The Balaban J connectivity index is 1.38. The number of hydrogen-bond donors (Lipinski definition) is 2. The van der Waals surface area contributed by atoms with E-state index in [-0.39, 0.29) is 23.0 Å². The van der Waals surface area contributed by atoms with E-state index in [1.165, 1.54) is 35.2 Å². The lowest BCUT2D eigenvalue weighted by atomic mass is 10.1. The maximum Gasteiger partial charge on any atom is 0.260 e. The highest BCUT2D eigenvalue weighted by atomic mass is 32.2. The number of benzene rings is 2. The van der Waals surface area contributed by atoms with Gasteiger partial charge in [0.15, 0.2) is 5.16 Å². The first-order valence-corrected chi connectivity index (χ1v) is 11.7. The number of amides is 1. The number of thioether (sulfide) groups is 1. The van der Waals surface area contributed by atoms with E-state index in [4.69, 9.17) is 4.74 Å². The second-order valence-electron chi connectivity index (χ2n) is 6.91. The third-order valence-corrected chi connectivity index (χ3v) is 6.57. The molecule has 0 unspecified atom stereocenters. The predicted molar refractivity (Wildman–Crippen MR) is 126 cm³/mol. The van der Waals surface area contributed by atoms with Gasteiger partial charge in [-0.3, -0.25) is 9.59 Å². The van der Waals surface area contributed by atoms with E-state index in [0.29, 0.717) is 33.9 Å². The summed E-state index contributed by atoms with van der Waals surface area (Å²) in [7, 11) is 1.62. The van der Waals surface area contributed by atoms with Gasteiger partial charge in [-0.1, -0.05) is 42.1 Å². The Morgan fingerprint density at radius 2 is 2.00 bits per heavy atom. The summed E-state index contributed by atoms with van der Waals surface area (Å²) in [6, 6.07) is 13.7. The van der Waals surface area contributed by atoms with Crippen molar-refractivity contribution in [3.05, 3.63) is 75.6 Å². The number of methoxy groups -OCH3 is 1. The SMILES string of the molecule is COc1ccccc1CCNC(=O)CSc1nc2scc(-c3ccc(F)cc3)c2c(=O)[nH]1. The van der Waals surface area contributed by atoms with Gasteiger partial charge in [0.05, 0.1) is 18.2 Å². The molecule has 1 amide bonds. The molecule has 4 rings (SSSR count). The summed E-state index contributed by atoms with van der Waals surface area (Å²) in [6.07, 6.45) is 0.656. The minimum absolute atomic E-state index is 0.135. The molecule has 0 saturated carbocycles. The van der Waals surface area contributed by atoms with Crippen LogP contribution in [0.5, 0.6) is 5.75 Å². The van der Waals surface area contributed by atoms with Crippen molar-refractivity contribution in [3.63, 3.8) is 0 Å². The minimum Gasteiger partial charge on any atom is -0.496 e. The largest absolute Gasteiger partial charge is 0.496 e. The molecule has 0 bridgehead atoms. The Morgan fingerprint density at radius 3 is 2.78 bits per heavy atom. The lowest BCUT2D eigenvalue weighted by Gasteiger charge is -2.09. The van der Waals surface area contributed by atoms with Crippen LogP contribution < -0.4 is 15.6 Å². The van der Waals surface area contributed by atoms with E-state index in [1.807, 2.05) is 29.6 Å². The van der Waals surface area contributed by atoms with Crippen LogP contribution in [-0.4, -0.2) is 35.3 Å². The predicted octanol–water partition coefficient (Wildman–Crippen LogP) is 4.25. The number of nitrogens with zero attached hydrogens (tertiary/aromatic N) is 1. The summed E-state index contributed by atoms with van der Waals surface area (Å²) in [6.45, 7) is 0.481. The number of nitrogens with one attached hydrogen (secondary N) is 2. The molecule has 6 nitrogen and oxygen atoms in total. The van der Waals surface area contributed by atoms with Gasteiger partial charge in [-0.15, -0.1) is 11.3 Å². The van der Waals surface area contributed by atoms with Gasteiger partial charge in [0, 0.05) is 17.5 Å². The molecule has 0 aliphatic rings. The number of carbonyl (C=O) groups excluding carboxylic acids is 1. The molecule has 0 aliphatic heterocycles. The average Bonchev–Trinajstić information content (AvgIpc) is 3.23. The molecule has 0 fully saturated rings. The first kappa shape index (κ1) is 22.0. The highest BCUT2D eigenvalue weighted by molar-refractivity contribution is 7.99. The minimum atomic E-state index is -0.333. The van der Waals surface area contributed by atoms with Gasteiger partial charge < -0.3 is 15.0 Å². The normalized spacial score (nSPS) is 10.9. The zero-order valence-electron chi connectivity index (χ0n) is 17.2. The van der Waals surface area contributed by atoms with Crippen molar-refractivity contribution in [2.75, 3.05) is 19.4 Å². The smallest absolute Gasteiger partial charge is 0.260 e. The number of halogens is 1. The van der Waals surface area contributed by atoms with Gasteiger partial charge in [0.2, 0.25) is 5.91 Å². The van der Waals surface area contributed by atoms with Crippen molar-refractivity contribution >= 4 is 39.2 Å². The van der Waals surface area contributed by atoms with Crippen molar-refractivity contribution in [2.45, 2.75) is 11.6 Å². The van der Waals surface area contributed by atoms with E-state index in [9.17, 15) is 14.0 Å². The fourth-order valence-electron chi connectivity index (χ4n) is 3.27. The summed E-state index contributed by atoms with van der Waals surface area (Å²) in [5.41, 5.74) is 2.20. The molecule has 2 N–H and O–H groups in total. The lowest BCUT2D eigenvalue weighted by molar-refractivity contribution is -0.118. The van der Waals surface area contributed by atoms with E-state index >= 15 is 0 Å². The lowest BCUT2D eigenvalue weighted by Crippen LogP contribution is -2.27. The molecular formula is C23H20FN3O3S2. The van der Waals surface area contributed by atoms with Crippen LogP contribution in [0.15, 0.2) is 63.9 Å². The standard InChI is InChI=1S/C23H20FN3O3S2/c1-30-18-5-3-2-4-15(18)10-11-25-19(28)13-32-23-26-21(29)20-17(12-31-22(20)27-23)14-6-8-16(24)9-7-14/h2-9,12H,10-11,13H2,1H3,(H,25,28)(H,26,27,29). The Kier molecular flexibility index (Phi) is 6.87. The van der Waals surface area contributed by atoms with Crippen molar-refractivity contribution in [1.82, 2.24) is 15.3 Å². The molecule has 0 spiro atoms. The van der Waals surface area contributed by atoms with Crippen LogP contribution in [-0.2, 0) is 11.2 Å². The highest BCUT2D eigenvalue weighted by Gasteiger charge is 2.14. The number of thiophene rings is 1. The van der Waals surface area contributed by atoms with Gasteiger partial charge in [-0.25, -0.2) is 9.37 Å². The van der Waals surface area contributed by atoms with Gasteiger partial charge in [0.1, 0.15) is 16.4 Å². The summed E-state index contributed by atoms with van der Waals surface area (Å²) < 4.78 is 18.5. The molecule has 2 heterocycles. The zero-order chi connectivity index (χ0) is 22.5. The third kappa shape index (κ3) is 5.00. The maximum absolute atomic E-state index is 13.2. The quantitative estimate of drug-likeness (QED) is 0.298. The number of aromatic amines is 1. The molecule has 4 aromatic rings. The first-order chi connectivity index (χ1) is 15.5. The molecule has 0 radical (unpaired) electrons. The highest BCUT2D eigenvalue weighted by Crippen LogP contribution is 2.31. The van der Waals surface area contributed by atoms with Gasteiger partial charge in [0.25, 0.3) is 5.56 Å².